The molecule has 1 aromatic carbocycles. The molecule has 0 radical (unpaired) electrons. The van der Waals surface area contributed by atoms with Crippen LogP contribution in [0.5, 0.6) is 0 Å². The number of piperidine rings is 1. The number of hydrogen-bond acceptors (Lipinski definition) is 6. The van der Waals surface area contributed by atoms with Gasteiger partial charge in [-0.3, -0.25) is 9.69 Å². The summed E-state index contributed by atoms with van der Waals surface area (Å²) in [5.74, 6) is -0.886. The Morgan fingerprint density at radius 3 is 2.39 bits per heavy atom. The van der Waals surface area contributed by atoms with Gasteiger partial charge in [0.15, 0.2) is 0 Å². The Kier molecular flexibility index (Phi) is 7.25. The summed E-state index contributed by atoms with van der Waals surface area (Å²) in [6.45, 7) is 2.68. The van der Waals surface area contributed by atoms with Crippen molar-refractivity contribution in [1.82, 2.24) is 14.1 Å². The zero-order valence-electron chi connectivity index (χ0n) is 18.5. The summed E-state index contributed by atoms with van der Waals surface area (Å²) < 4.78 is 39.7. The van der Waals surface area contributed by atoms with E-state index < -0.39 is 21.5 Å². The maximum absolute atomic E-state index is 14.1. The van der Waals surface area contributed by atoms with E-state index in [0.717, 1.165) is 6.26 Å². The van der Waals surface area contributed by atoms with E-state index in [1.54, 1.807) is 32.3 Å². The summed E-state index contributed by atoms with van der Waals surface area (Å²) in [7, 11) is -0.102. The predicted molar refractivity (Wildman–Crippen MR) is 118 cm³/mol. The zero-order chi connectivity index (χ0) is 22.8. The Hall–Kier alpha value is -1.75. The van der Waals surface area contributed by atoms with Crippen LogP contribution in [-0.2, 0) is 14.8 Å². The molecular formula is C21H33FN4O4S. The molecule has 1 amide bonds. The number of para-hydroxylation sites is 1. The summed E-state index contributed by atoms with van der Waals surface area (Å²) in [4.78, 5) is 18.1. The molecule has 0 aromatic heterocycles. The second kappa shape index (κ2) is 9.40. The van der Waals surface area contributed by atoms with Crippen LogP contribution in [0.25, 0.3) is 0 Å². The van der Waals surface area contributed by atoms with E-state index in [1.807, 2.05) is 9.80 Å². The van der Waals surface area contributed by atoms with Crippen molar-refractivity contribution in [2.45, 2.75) is 18.4 Å². The third-order valence-electron chi connectivity index (χ3n) is 6.23. The predicted octanol–water partition coefficient (Wildman–Crippen LogP) is 0.439. The first-order chi connectivity index (χ1) is 14.5. The van der Waals surface area contributed by atoms with E-state index in [4.69, 9.17) is 0 Å². The Bertz CT molecular complexity index is 887. The van der Waals surface area contributed by atoms with Gasteiger partial charge in [0.2, 0.25) is 15.9 Å². The molecule has 10 heteroatoms. The summed E-state index contributed by atoms with van der Waals surface area (Å²) in [6.07, 6.45) is 2.10. The number of halogens is 1. The lowest BCUT2D eigenvalue weighted by Crippen LogP contribution is -2.52. The number of carbonyl (C=O) groups is 1. The molecule has 174 valence electrons. The first-order valence-corrected chi connectivity index (χ1v) is 12.4. The standard InChI is InChI=1S/C21H33FN4O4S/c1-23(2)20(27)17-14-24(12-13-26(15-17)31(3,29)30)16-21(28)8-10-25(11-9-21)19-7-5-4-6-18(19)22/h4-7,17,28H,8-16H2,1-3H3/t17-/m1/s1. The van der Waals surface area contributed by atoms with Crippen molar-refractivity contribution in [2.75, 3.05) is 71.1 Å². The highest BCUT2D eigenvalue weighted by molar-refractivity contribution is 7.88. The largest absolute Gasteiger partial charge is 0.388 e. The third kappa shape index (κ3) is 5.94. The first kappa shape index (κ1) is 23.9. The van der Waals surface area contributed by atoms with Gasteiger partial charge in [-0.15, -0.1) is 0 Å². The SMILES string of the molecule is CN(C)C(=O)[C@@H]1CN(CC2(O)CCN(c3ccccc3F)CC2)CCN(S(C)(=O)=O)C1. The van der Waals surface area contributed by atoms with Gasteiger partial charge in [0.25, 0.3) is 0 Å². The molecule has 31 heavy (non-hydrogen) atoms. The molecule has 0 unspecified atom stereocenters. The lowest BCUT2D eigenvalue weighted by Gasteiger charge is -2.42. The molecule has 0 bridgehead atoms. The number of hydrogen-bond donors (Lipinski definition) is 1. The number of rotatable bonds is 5. The maximum atomic E-state index is 14.1. The third-order valence-corrected chi connectivity index (χ3v) is 7.50. The van der Waals surface area contributed by atoms with E-state index in [1.165, 1.54) is 15.3 Å². The fraction of sp³-hybridized carbons (Fsp3) is 0.667. The van der Waals surface area contributed by atoms with E-state index in [0.29, 0.717) is 51.3 Å². The Balaban J connectivity index is 1.68. The van der Waals surface area contributed by atoms with Gasteiger partial charge >= 0.3 is 0 Å². The average molecular weight is 457 g/mol. The second-order valence-electron chi connectivity index (χ2n) is 8.95. The quantitative estimate of drug-likeness (QED) is 0.692. The number of β-amino-alcohol motifs (C(OH)–C–C–N with tert-alkyl or cyclic N) is 1. The molecular weight excluding hydrogens is 423 g/mol. The number of carbonyl (C=O) groups excluding carboxylic acids is 1. The highest BCUT2D eigenvalue weighted by Crippen LogP contribution is 2.29. The van der Waals surface area contributed by atoms with Gasteiger partial charge in [0, 0.05) is 59.9 Å². The minimum atomic E-state index is -3.42. The van der Waals surface area contributed by atoms with Crippen molar-refractivity contribution in [3.63, 3.8) is 0 Å². The number of benzene rings is 1. The second-order valence-corrected chi connectivity index (χ2v) is 10.9. The maximum Gasteiger partial charge on any atom is 0.227 e. The molecule has 8 nitrogen and oxygen atoms in total. The number of nitrogens with zero attached hydrogens (tertiary/aromatic N) is 4. The lowest BCUT2D eigenvalue weighted by molar-refractivity contribution is -0.133. The van der Waals surface area contributed by atoms with Crippen LogP contribution in [0.15, 0.2) is 24.3 Å². The molecule has 3 rings (SSSR count). The fourth-order valence-electron chi connectivity index (χ4n) is 4.46. The van der Waals surface area contributed by atoms with E-state index in [-0.39, 0.29) is 24.8 Å². The number of amides is 1. The molecule has 2 saturated heterocycles. The van der Waals surface area contributed by atoms with E-state index >= 15 is 0 Å². The lowest BCUT2D eigenvalue weighted by atomic mass is 9.90. The number of anilines is 1. The van der Waals surface area contributed by atoms with Crippen LogP contribution in [0.3, 0.4) is 0 Å². The number of aliphatic hydroxyl groups is 1. The molecule has 0 aliphatic carbocycles. The minimum absolute atomic E-state index is 0.123. The van der Waals surface area contributed by atoms with E-state index in [2.05, 4.69) is 0 Å². The molecule has 0 spiro atoms. The van der Waals surface area contributed by atoms with Gasteiger partial charge in [-0.2, -0.15) is 0 Å². The summed E-state index contributed by atoms with van der Waals surface area (Å²) in [6, 6.07) is 6.63. The molecule has 1 N–H and O–H groups in total. The normalized spacial score (nSPS) is 23.4. The van der Waals surface area contributed by atoms with Crippen molar-refractivity contribution in [3.8, 4) is 0 Å². The van der Waals surface area contributed by atoms with Gasteiger partial charge in [0.1, 0.15) is 5.82 Å². The van der Waals surface area contributed by atoms with Crippen LogP contribution in [0, 0.1) is 11.7 Å². The highest BCUT2D eigenvalue weighted by atomic mass is 32.2. The van der Waals surface area contributed by atoms with Crippen molar-refractivity contribution < 1.29 is 22.7 Å². The average Bonchev–Trinajstić information content (AvgIpc) is 2.91. The molecule has 1 atom stereocenters. The van der Waals surface area contributed by atoms with Crippen LogP contribution < -0.4 is 4.90 Å². The fourth-order valence-corrected chi connectivity index (χ4v) is 5.33. The summed E-state index contributed by atoms with van der Waals surface area (Å²) in [5.41, 5.74) is -0.423. The summed E-state index contributed by atoms with van der Waals surface area (Å²) in [5, 5.41) is 11.2. The van der Waals surface area contributed by atoms with Crippen LogP contribution in [0.1, 0.15) is 12.8 Å². The smallest absolute Gasteiger partial charge is 0.227 e. The van der Waals surface area contributed by atoms with E-state index in [9.17, 15) is 22.7 Å². The van der Waals surface area contributed by atoms with Crippen molar-refractivity contribution in [1.29, 1.82) is 0 Å². The first-order valence-electron chi connectivity index (χ1n) is 10.6. The van der Waals surface area contributed by atoms with Crippen LogP contribution >= 0.6 is 0 Å². The van der Waals surface area contributed by atoms with Crippen LogP contribution in [0.2, 0.25) is 0 Å². The van der Waals surface area contributed by atoms with Crippen LogP contribution in [0.4, 0.5) is 10.1 Å². The van der Waals surface area contributed by atoms with Gasteiger partial charge < -0.3 is 14.9 Å². The molecule has 1 aromatic rings. The van der Waals surface area contributed by atoms with Gasteiger partial charge in [-0.25, -0.2) is 17.1 Å². The zero-order valence-corrected chi connectivity index (χ0v) is 19.3. The van der Waals surface area contributed by atoms with Gasteiger partial charge in [-0.05, 0) is 25.0 Å². The molecule has 0 saturated carbocycles. The molecule has 2 aliphatic rings. The van der Waals surface area contributed by atoms with Crippen molar-refractivity contribution in [2.24, 2.45) is 5.92 Å². The monoisotopic (exact) mass is 456 g/mol. The Morgan fingerprint density at radius 1 is 1.16 bits per heavy atom. The molecule has 2 fully saturated rings. The van der Waals surface area contributed by atoms with Crippen LogP contribution in [-0.4, -0.2) is 105 Å². The molecule has 2 aliphatic heterocycles. The van der Waals surface area contributed by atoms with Gasteiger partial charge in [0.05, 0.1) is 23.5 Å². The van der Waals surface area contributed by atoms with Crippen molar-refractivity contribution in [3.05, 3.63) is 30.1 Å². The highest BCUT2D eigenvalue weighted by Gasteiger charge is 2.38. The van der Waals surface area contributed by atoms with Gasteiger partial charge in [-0.1, -0.05) is 12.1 Å². The minimum Gasteiger partial charge on any atom is -0.388 e. The Labute approximate surface area is 184 Å². The summed E-state index contributed by atoms with van der Waals surface area (Å²) >= 11 is 0. The van der Waals surface area contributed by atoms with Crippen molar-refractivity contribution >= 4 is 21.6 Å². The molecule has 2 heterocycles. The topological polar surface area (TPSA) is 84.4 Å². The number of sulfonamides is 1. The Morgan fingerprint density at radius 2 is 1.81 bits per heavy atom.